The lowest BCUT2D eigenvalue weighted by molar-refractivity contribution is -0.254. The molecule has 0 radical (unpaired) electrons. The van der Waals surface area contributed by atoms with E-state index in [1.54, 1.807) is 18.2 Å². The molecule has 1 N–H and O–H groups in total. The lowest BCUT2D eigenvalue weighted by Crippen LogP contribution is -2.32. The van der Waals surface area contributed by atoms with Crippen LogP contribution in [0.15, 0.2) is 48.6 Å². The monoisotopic (exact) mass is 358 g/mol. The predicted octanol–water partition coefficient (Wildman–Crippen LogP) is 4.18. The summed E-state index contributed by atoms with van der Waals surface area (Å²) in [5, 5.41) is 15.9. The Morgan fingerprint density at radius 2 is 1.88 bits per heavy atom. The molecule has 2 aromatic rings. The third-order valence-electron chi connectivity index (χ3n) is 4.93. The predicted molar refractivity (Wildman–Crippen MR) is 93.6 cm³/mol. The summed E-state index contributed by atoms with van der Waals surface area (Å²) in [6.45, 7) is 0. The van der Waals surface area contributed by atoms with Gasteiger partial charge in [-0.15, -0.1) is 0 Å². The number of carboxylic acid groups (broad SMARTS) is 1. The highest BCUT2D eigenvalue weighted by molar-refractivity contribution is 6.42. The maximum atomic E-state index is 11.5. The molecule has 1 aliphatic carbocycles. The first-order valence-corrected chi connectivity index (χ1v) is 8.55. The van der Waals surface area contributed by atoms with Crippen LogP contribution in [0, 0.1) is 5.92 Å². The minimum Gasteiger partial charge on any atom is -0.545 e. The van der Waals surface area contributed by atoms with Crippen molar-refractivity contribution < 1.29 is 9.90 Å². The van der Waals surface area contributed by atoms with E-state index in [1.165, 1.54) is 0 Å². The van der Waals surface area contributed by atoms with Gasteiger partial charge in [-0.3, -0.25) is 0 Å². The van der Waals surface area contributed by atoms with Crippen molar-refractivity contribution in [3.63, 3.8) is 0 Å². The van der Waals surface area contributed by atoms with Crippen molar-refractivity contribution in [2.75, 3.05) is 5.32 Å². The van der Waals surface area contributed by atoms with Gasteiger partial charge in [0.25, 0.3) is 0 Å². The molecule has 0 fully saturated rings. The molecule has 3 nitrogen and oxygen atoms in total. The standard InChI is InChI=1S/C19H15Cl2NO2/c20-15-9-3-7-13(16(15)21)17-11-5-1-4-10(11)12-6-2-8-14(19(23)24)18(12)22-17/h1-4,6-11,17,22H,5H2,(H,23,24)/p-1/t10-,11-,17+/m1/s1. The molecular weight excluding hydrogens is 345 g/mol. The van der Waals surface area contributed by atoms with Gasteiger partial charge in [-0.1, -0.05) is 65.7 Å². The number of hydrogen-bond acceptors (Lipinski definition) is 3. The minimum absolute atomic E-state index is 0.107. The van der Waals surface area contributed by atoms with Crippen LogP contribution in [0.3, 0.4) is 0 Å². The number of rotatable bonds is 2. The fourth-order valence-corrected chi connectivity index (χ4v) is 4.29. The molecule has 0 bridgehead atoms. The summed E-state index contributed by atoms with van der Waals surface area (Å²) in [7, 11) is 0. The summed E-state index contributed by atoms with van der Waals surface area (Å²) in [5.41, 5.74) is 2.67. The summed E-state index contributed by atoms with van der Waals surface area (Å²) >= 11 is 12.6. The molecule has 0 unspecified atom stereocenters. The highest BCUT2D eigenvalue weighted by atomic mass is 35.5. The first-order valence-electron chi connectivity index (χ1n) is 7.79. The topological polar surface area (TPSA) is 52.2 Å². The molecule has 4 rings (SSSR count). The van der Waals surface area contributed by atoms with Gasteiger partial charge in [0.1, 0.15) is 0 Å². The Morgan fingerprint density at radius 3 is 2.67 bits per heavy atom. The average molecular weight is 359 g/mol. The lowest BCUT2D eigenvalue weighted by Gasteiger charge is -2.39. The van der Waals surface area contributed by atoms with Crippen molar-refractivity contribution in [3.8, 4) is 0 Å². The lowest BCUT2D eigenvalue weighted by atomic mass is 9.76. The third-order valence-corrected chi connectivity index (χ3v) is 5.77. The summed E-state index contributed by atoms with van der Waals surface area (Å²) in [6, 6.07) is 10.7. The van der Waals surface area contributed by atoms with Crippen molar-refractivity contribution in [2.45, 2.75) is 18.4 Å². The van der Waals surface area contributed by atoms with E-state index in [2.05, 4.69) is 17.5 Å². The van der Waals surface area contributed by atoms with Crippen LogP contribution in [0.2, 0.25) is 10.0 Å². The van der Waals surface area contributed by atoms with Crippen LogP contribution in [0.1, 0.15) is 39.9 Å². The largest absolute Gasteiger partial charge is 0.545 e. The molecule has 2 aliphatic rings. The molecule has 0 amide bonds. The van der Waals surface area contributed by atoms with E-state index < -0.39 is 5.97 Å². The number of nitrogens with one attached hydrogen (secondary N) is 1. The van der Waals surface area contributed by atoms with Gasteiger partial charge in [0, 0.05) is 17.2 Å². The van der Waals surface area contributed by atoms with Crippen LogP contribution < -0.4 is 10.4 Å². The molecule has 122 valence electrons. The second kappa shape index (κ2) is 5.83. The van der Waals surface area contributed by atoms with E-state index in [9.17, 15) is 9.90 Å². The maximum Gasteiger partial charge on any atom is 0.0736 e. The molecule has 24 heavy (non-hydrogen) atoms. The molecule has 1 heterocycles. The van der Waals surface area contributed by atoms with Crippen LogP contribution in [0.4, 0.5) is 5.69 Å². The number of aromatic carboxylic acids is 1. The Bertz CT molecular complexity index is 862. The molecular formula is C19H14Cl2NO2-. The van der Waals surface area contributed by atoms with Gasteiger partial charge < -0.3 is 15.2 Å². The summed E-state index contributed by atoms with van der Waals surface area (Å²) in [6.07, 6.45) is 5.19. The van der Waals surface area contributed by atoms with Gasteiger partial charge in [0.05, 0.1) is 22.1 Å². The number of carbonyl (C=O) groups is 1. The van der Waals surface area contributed by atoms with Gasteiger partial charge in [-0.2, -0.15) is 0 Å². The van der Waals surface area contributed by atoms with Crippen LogP contribution in [0.25, 0.3) is 0 Å². The number of carboxylic acids is 1. The number of para-hydroxylation sites is 1. The highest BCUT2D eigenvalue weighted by Crippen LogP contribution is 2.51. The zero-order valence-corrected chi connectivity index (χ0v) is 14.1. The number of halogens is 2. The van der Waals surface area contributed by atoms with E-state index in [-0.39, 0.29) is 23.4 Å². The number of allylic oxidation sites excluding steroid dienone is 2. The number of anilines is 1. The van der Waals surface area contributed by atoms with Gasteiger partial charge >= 0.3 is 0 Å². The first kappa shape index (κ1) is 15.6. The van der Waals surface area contributed by atoms with E-state index in [0.29, 0.717) is 15.7 Å². The van der Waals surface area contributed by atoms with E-state index >= 15 is 0 Å². The Hall–Kier alpha value is -1.97. The Balaban J connectivity index is 1.88. The highest BCUT2D eigenvalue weighted by Gasteiger charge is 2.39. The van der Waals surface area contributed by atoms with Crippen molar-refractivity contribution in [2.24, 2.45) is 5.92 Å². The van der Waals surface area contributed by atoms with E-state index in [1.807, 2.05) is 18.2 Å². The smallest absolute Gasteiger partial charge is 0.0736 e. The summed E-state index contributed by atoms with van der Waals surface area (Å²) in [5.74, 6) is -0.762. The molecule has 0 saturated heterocycles. The number of fused-ring (bicyclic) bond motifs is 3. The molecule has 1 aliphatic heterocycles. The van der Waals surface area contributed by atoms with Crippen LogP contribution in [-0.2, 0) is 0 Å². The molecule has 5 heteroatoms. The van der Waals surface area contributed by atoms with Crippen molar-refractivity contribution in [1.29, 1.82) is 0 Å². The molecule has 3 atom stereocenters. The van der Waals surface area contributed by atoms with Crippen molar-refractivity contribution >= 4 is 34.9 Å². The quantitative estimate of drug-likeness (QED) is 0.819. The first-order chi connectivity index (χ1) is 11.6. The van der Waals surface area contributed by atoms with Crippen molar-refractivity contribution in [3.05, 3.63) is 75.3 Å². The Labute approximate surface area is 149 Å². The summed E-state index contributed by atoms with van der Waals surface area (Å²) < 4.78 is 0. The summed E-state index contributed by atoms with van der Waals surface area (Å²) in [4.78, 5) is 11.5. The zero-order valence-electron chi connectivity index (χ0n) is 12.6. The van der Waals surface area contributed by atoms with Crippen LogP contribution in [-0.4, -0.2) is 5.97 Å². The van der Waals surface area contributed by atoms with E-state index in [4.69, 9.17) is 23.2 Å². The van der Waals surface area contributed by atoms with Crippen molar-refractivity contribution in [1.82, 2.24) is 0 Å². The second-order valence-electron chi connectivity index (χ2n) is 6.18. The third kappa shape index (κ3) is 2.31. The van der Waals surface area contributed by atoms with Gasteiger partial charge in [0.2, 0.25) is 0 Å². The van der Waals surface area contributed by atoms with Gasteiger partial charge in [-0.25, -0.2) is 0 Å². The Morgan fingerprint density at radius 1 is 1.12 bits per heavy atom. The molecule has 0 spiro atoms. The minimum atomic E-state index is -1.18. The van der Waals surface area contributed by atoms with Gasteiger partial charge in [0.15, 0.2) is 0 Å². The molecule has 0 aromatic heterocycles. The number of carbonyl (C=O) groups excluding carboxylic acids is 1. The fraction of sp³-hybridized carbons (Fsp3) is 0.211. The zero-order chi connectivity index (χ0) is 16.8. The maximum absolute atomic E-state index is 11.5. The number of benzene rings is 2. The second-order valence-corrected chi connectivity index (χ2v) is 6.96. The van der Waals surface area contributed by atoms with Gasteiger partial charge in [-0.05, 0) is 29.5 Å². The fourth-order valence-electron chi connectivity index (χ4n) is 3.86. The Kier molecular flexibility index (Phi) is 3.78. The van der Waals surface area contributed by atoms with Crippen LogP contribution in [0.5, 0.6) is 0 Å². The SMILES string of the molecule is O=C([O-])c1cccc2c1N[C@H](c1cccc(Cl)c1Cl)[C@@H]1CC=C[C@@H]21. The van der Waals surface area contributed by atoms with Crippen LogP contribution >= 0.6 is 23.2 Å². The molecule has 0 saturated carbocycles. The normalized spacial score (nSPS) is 24.2. The van der Waals surface area contributed by atoms with E-state index in [0.717, 1.165) is 17.5 Å². The molecule has 2 aromatic carbocycles. The average Bonchev–Trinajstić information content (AvgIpc) is 3.06. The number of hydrogen-bond donors (Lipinski definition) is 1.